The number of amides is 1. The Morgan fingerprint density at radius 2 is 2.20 bits per heavy atom. The van der Waals surface area contributed by atoms with E-state index in [0.717, 1.165) is 0 Å². The molecule has 3 rings (SSSR count). The van der Waals surface area contributed by atoms with Crippen molar-refractivity contribution in [2.75, 3.05) is 18.5 Å². The van der Waals surface area contributed by atoms with Gasteiger partial charge in [-0.3, -0.25) is 15.2 Å². The third-order valence-electron chi connectivity index (χ3n) is 2.68. The van der Waals surface area contributed by atoms with E-state index >= 15 is 0 Å². The molecule has 0 saturated carbocycles. The summed E-state index contributed by atoms with van der Waals surface area (Å²) in [5.41, 5.74) is 0.349. The van der Waals surface area contributed by atoms with Crippen molar-refractivity contribution < 1.29 is 14.3 Å². The lowest BCUT2D eigenvalue weighted by molar-refractivity contribution is 0.102. The maximum atomic E-state index is 12.1. The lowest BCUT2D eigenvalue weighted by atomic mass is 10.2. The fourth-order valence-corrected chi connectivity index (χ4v) is 2.08. The van der Waals surface area contributed by atoms with Gasteiger partial charge in [0.05, 0.1) is 5.02 Å². The van der Waals surface area contributed by atoms with Crippen molar-refractivity contribution in [2.45, 2.75) is 6.92 Å². The first kappa shape index (κ1) is 12.7. The molecular weight excluding hydrogens is 284 g/mol. The lowest BCUT2D eigenvalue weighted by Crippen LogP contribution is -2.18. The van der Waals surface area contributed by atoms with Gasteiger partial charge in [-0.25, -0.2) is 0 Å². The number of benzene rings is 1. The van der Waals surface area contributed by atoms with Gasteiger partial charge in [-0.1, -0.05) is 11.6 Å². The Hall–Kier alpha value is -2.28. The van der Waals surface area contributed by atoms with E-state index in [0.29, 0.717) is 41.1 Å². The summed E-state index contributed by atoms with van der Waals surface area (Å²) in [6.45, 7) is 2.60. The predicted molar refractivity (Wildman–Crippen MR) is 71.5 cm³/mol. The number of hydrogen-bond donors (Lipinski definition) is 2. The Balaban J connectivity index is 1.86. The zero-order valence-electron chi connectivity index (χ0n) is 10.6. The molecule has 0 fully saturated rings. The zero-order chi connectivity index (χ0) is 14.1. The summed E-state index contributed by atoms with van der Waals surface area (Å²) in [7, 11) is 0. The maximum absolute atomic E-state index is 12.1. The van der Waals surface area contributed by atoms with Gasteiger partial charge in [-0.2, -0.15) is 4.98 Å². The third kappa shape index (κ3) is 2.39. The Bertz CT molecular complexity index is 671. The highest BCUT2D eigenvalue weighted by atomic mass is 35.5. The fraction of sp³-hybridized carbons (Fsp3) is 0.250. The van der Waals surface area contributed by atoms with Gasteiger partial charge in [-0.15, -0.1) is 5.10 Å². The second-order valence-electron chi connectivity index (χ2n) is 4.18. The first-order valence-corrected chi connectivity index (χ1v) is 6.31. The first-order valence-electron chi connectivity index (χ1n) is 5.93. The van der Waals surface area contributed by atoms with Crippen molar-refractivity contribution in [3.8, 4) is 11.5 Å². The molecule has 0 bridgehead atoms. The molecule has 7 nitrogen and oxygen atoms in total. The number of aromatic amines is 1. The lowest BCUT2D eigenvalue weighted by Gasteiger charge is -2.19. The minimum atomic E-state index is -0.372. The number of H-pyrrole nitrogens is 1. The molecule has 1 aromatic carbocycles. The van der Waals surface area contributed by atoms with Crippen LogP contribution in [-0.4, -0.2) is 34.3 Å². The summed E-state index contributed by atoms with van der Waals surface area (Å²) in [6, 6.07) is 3.10. The van der Waals surface area contributed by atoms with E-state index in [1.165, 1.54) is 6.07 Å². The standard InChI is InChI=1S/C12H11ClN4O3/c1-6-14-12(17-16-6)15-11(18)7-4-8(13)10-9(5-7)19-2-3-20-10/h4-5H,2-3H2,1H3,(H2,14,15,16,17,18). The van der Waals surface area contributed by atoms with Gasteiger partial charge in [-0.05, 0) is 19.1 Å². The van der Waals surface area contributed by atoms with Gasteiger partial charge >= 0.3 is 0 Å². The molecule has 0 saturated heterocycles. The SMILES string of the molecule is Cc1nc(NC(=O)c2cc(Cl)c3c(c2)OCCO3)n[nH]1. The second kappa shape index (κ2) is 5.01. The zero-order valence-corrected chi connectivity index (χ0v) is 11.3. The summed E-state index contributed by atoms with van der Waals surface area (Å²) in [5.74, 6) is 1.37. The van der Waals surface area contributed by atoms with Crippen molar-refractivity contribution in [3.05, 3.63) is 28.5 Å². The van der Waals surface area contributed by atoms with Crippen LogP contribution in [0.2, 0.25) is 5.02 Å². The van der Waals surface area contributed by atoms with Crippen LogP contribution in [0.15, 0.2) is 12.1 Å². The second-order valence-corrected chi connectivity index (χ2v) is 4.59. The molecule has 20 heavy (non-hydrogen) atoms. The number of rotatable bonds is 2. The van der Waals surface area contributed by atoms with Crippen molar-refractivity contribution >= 4 is 23.5 Å². The Kier molecular flexibility index (Phi) is 3.19. The van der Waals surface area contributed by atoms with Crippen LogP contribution in [0, 0.1) is 6.92 Å². The van der Waals surface area contributed by atoms with E-state index in [2.05, 4.69) is 20.5 Å². The smallest absolute Gasteiger partial charge is 0.258 e. The van der Waals surface area contributed by atoms with Gasteiger partial charge in [0.2, 0.25) is 5.95 Å². The average molecular weight is 295 g/mol. The monoisotopic (exact) mass is 294 g/mol. The highest BCUT2D eigenvalue weighted by Gasteiger charge is 2.19. The van der Waals surface area contributed by atoms with E-state index in [1.807, 2.05) is 0 Å². The molecule has 2 N–H and O–H groups in total. The largest absolute Gasteiger partial charge is 0.486 e. The van der Waals surface area contributed by atoms with Crippen LogP contribution < -0.4 is 14.8 Å². The van der Waals surface area contributed by atoms with Crippen LogP contribution in [-0.2, 0) is 0 Å². The van der Waals surface area contributed by atoms with Crippen molar-refractivity contribution in [1.82, 2.24) is 15.2 Å². The molecule has 2 heterocycles. The Labute approximate surface area is 119 Å². The molecule has 1 aromatic heterocycles. The molecule has 0 atom stereocenters. The summed E-state index contributed by atoms with van der Waals surface area (Å²) in [4.78, 5) is 16.1. The minimum Gasteiger partial charge on any atom is -0.486 e. The number of aromatic nitrogens is 3. The topological polar surface area (TPSA) is 89.1 Å². The molecule has 104 valence electrons. The number of anilines is 1. The average Bonchev–Trinajstić information content (AvgIpc) is 2.84. The normalized spacial score (nSPS) is 13.1. The molecule has 0 unspecified atom stereocenters. The number of carbonyl (C=O) groups is 1. The summed E-state index contributed by atoms with van der Waals surface area (Å²) < 4.78 is 10.8. The molecule has 0 spiro atoms. The van der Waals surface area contributed by atoms with Crippen LogP contribution in [0.3, 0.4) is 0 Å². The number of fused-ring (bicyclic) bond motifs is 1. The quantitative estimate of drug-likeness (QED) is 0.881. The molecule has 0 aliphatic carbocycles. The molecular formula is C12H11ClN4O3. The number of nitrogens with one attached hydrogen (secondary N) is 2. The molecule has 8 heteroatoms. The molecule has 1 amide bonds. The summed E-state index contributed by atoms with van der Waals surface area (Å²) in [5, 5.41) is 9.37. The van der Waals surface area contributed by atoms with Crippen molar-refractivity contribution in [3.63, 3.8) is 0 Å². The van der Waals surface area contributed by atoms with E-state index in [4.69, 9.17) is 21.1 Å². The van der Waals surface area contributed by atoms with E-state index in [-0.39, 0.29) is 11.9 Å². The number of aryl methyl sites for hydroxylation is 1. The van der Waals surface area contributed by atoms with E-state index < -0.39 is 0 Å². The molecule has 1 aliphatic rings. The molecule has 2 aromatic rings. The van der Waals surface area contributed by atoms with Crippen LogP contribution >= 0.6 is 11.6 Å². The Morgan fingerprint density at radius 3 is 2.95 bits per heavy atom. The van der Waals surface area contributed by atoms with Crippen LogP contribution in [0.5, 0.6) is 11.5 Å². The summed E-state index contributed by atoms with van der Waals surface area (Å²) >= 11 is 6.08. The van der Waals surface area contributed by atoms with Crippen molar-refractivity contribution in [1.29, 1.82) is 0 Å². The van der Waals surface area contributed by atoms with Gasteiger partial charge in [0.15, 0.2) is 11.5 Å². The third-order valence-corrected chi connectivity index (χ3v) is 2.96. The first-order chi connectivity index (χ1) is 9.63. The fourth-order valence-electron chi connectivity index (χ4n) is 1.81. The number of nitrogens with zero attached hydrogens (tertiary/aromatic N) is 2. The maximum Gasteiger partial charge on any atom is 0.258 e. The van der Waals surface area contributed by atoms with Crippen LogP contribution in [0.25, 0.3) is 0 Å². The van der Waals surface area contributed by atoms with Crippen LogP contribution in [0.1, 0.15) is 16.2 Å². The van der Waals surface area contributed by atoms with Gasteiger partial charge < -0.3 is 9.47 Å². The summed E-state index contributed by atoms with van der Waals surface area (Å²) in [6.07, 6.45) is 0. The highest BCUT2D eigenvalue weighted by molar-refractivity contribution is 6.32. The number of halogens is 1. The van der Waals surface area contributed by atoms with E-state index in [9.17, 15) is 4.79 Å². The van der Waals surface area contributed by atoms with Gasteiger partial charge in [0.1, 0.15) is 19.0 Å². The molecule has 0 radical (unpaired) electrons. The van der Waals surface area contributed by atoms with Gasteiger partial charge in [0.25, 0.3) is 5.91 Å². The number of ether oxygens (including phenoxy) is 2. The van der Waals surface area contributed by atoms with Crippen molar-refractivity contribution in [2.24, 2.45) is 0 Å². The number of carbonyl (C=O) groups excluding carboxylic acids is 1. The number of hydrogen-bond acceptors (Lipinski definition) is 5. The minimum absolute atomic E-state index is 0.207. The predicted octanol–water partition coefficient (Wildman–Crippen LogP) is 1.79. The highest BCUT2D eigenvalue weighted by Crippen LogP contribution is 2.38. The van der Waals surface area contributed by atoms with Crippen LogP contribution in [0.4, 0.5) is 5.95 Å². The van der Waals surface area contributed by atoms with E-state index in [1.54, 1.807) is 13.0 Å². The molecule has 1 aliphatic heterocycles. The Morgan fingerprint density at radius 1 is 1.40 bits per heavy atom. The van der Waals surface area contributed by atoms with Gasteiger partial charge in [0, 0.05) is 5.56 Å².